The van der Waals surface area contributed by atoms with Crippen LogP contribution in [0.3, 0.4) is 0 Å². The number of aromatic amines is 1. The van der Waals surface area contributed by atoms with E-state index in [0.29, 0.717) is 5.02 Å². The molecule has 3 heterocycles. The predicted molar refractivity (Wildman–Crippen MR) is 92.3 cm³/mol. The van der Waals surface area contributed by atoms with Gasteiger partial charge in [-0.2, -0.15) is 0 Å². The molecule has 0 aliphatic rings. The summed E-state index contributed by atoms with van der Waals surface area (Å²) in [6.07, 6.45) is 7.06. The van der Waals surface area contributed by atoms with E-state index in [1.165, 1.54) is 0 Å². The zero-order chi connectivity index (χ0) is 15.8. The van der Waals surface area contributed by atoms with Crippen LogP contribution in [0.5, 0.6) is 0 Å². The van der Waals surface area contributed by atoms with Crippen molar-refractivity contribution in [2.24, 2.45) is 0 Å². The summed E-state index contributed by atoms with van der Waals surface area (Å²) in [7, 11) is 0. The Kier molecular flexibility index (Phi) is 3.32. The molecule has 0 radical (unpaired) electrons. The summed E-state index contributed by atoms with van der Waals surface area (Å²) in [6.45, 7) is 2.01. The van der Waals surface area contributed by atoms with Crippen LogP contribution >= 0.6 is 11.6 Å². The number of benzene rings is 1. The lowest BCUT2D eigenvalue weighted by atomic mass is 9.93. The summed E-state index contributed by atoms with van der Waals surface area (Å²) >= 11 is 6.23. The van der Waals surface area contributed by atoms with E-state index >= 15 is 0 Å². The van der Waals surface area contributed by atoms with Crippen molar-refractivity contribution < 1.29 is 0 Å². The van der Waals surface area contributed by atoms with Crippen LogP contribution < -0.4 is 0 Å². The lowest BCUT2D eigenvalue weighted by molar-refractivity contribution is 1.24. The molecule has 0 aliphatic heterocycles. The third-order valence-corrected chi connectivity index (χ3v) is 4.10. The quantitative estimate of drug-likeness (QED) is 0.585. The maximum atomic E-state index is 6.23. The van der Waals surface area contributed by atoms with Crippen molar-refractivity contribution in [3.63, 3.8) is 0 Å². The van der Waals surface area contributed by atoms with Gasteiger partial charge in [-0.05, 0) is 42.8 Å². The van der Waals surface area contributed by atoms with Gasteiger partial charge < -0.3 is 4.98 Å². The third-order valence-electron chi connectivity index (χ3n) is 3.86. The lowest BCUT2D eigenvalue weighted by Crippen LogP contribution is -1.96. The summed E-state index contributed by atoms with van der Waals surface area (Å²) < 4.78 is 0. The largest absolute Gasteiger partial charge is 0.345 e. The number of hydrogen-bond acceptors (Lipinski definition) is 3. The van der Waals surface area contributed by atoms with E-state index in [-0.39, 0.29) is 0 Å². The molecule has 4 nitrogen and oxygen atoms in total. The molecule has 0 aliphatic carbocycles. The number of hydrogen-bond donors (Lipinski definition) is 1. The van der Waals surface area contributed by atoms with Crippen LogP contribution in [0.4, 0.5) is 0 Å². The summed E-state index contributed by atoms with van der Waals surface area (Å²) in [5.41, 5.74) is 5.98. The van der Waals surface area contributed by atoms with Gasteiger partial charge in [0.05, 0.1) is 23.7 Å². The Morgan fingerprint density at radius 3 is 2.57 bits per heavy atom. The molecule has 3 aromatic heterocycles. The van der Waals surface area contributed by atoms with E-state index in [1.807, 2.05) is 43.5 Å². The predicted octanol–water partition coefficient (Wildman–Crippen LogP) is 4.65. The smallest absolute Gasteiger partial charge is 0.0924 e. The van der Waals surface area contributed by atoms with Crippen LogP contribution in [0.1, 0.15) is 5.69 Å². The number of H-pyrrole nitrogens is 1. The van der Waals surface area contributed by atoms with E-state index in [2.05, 4.69) is 15.0 Å². The van der Waals surface area contributed by atoms with E-state index in [4.69, 9.17) is 16.6 Å². The van der Waals surface area contributed by atoms with Gasteiger partial charge in [0.15, 0.2) is 0 Å². The maximum Gasteiger partial charge on any atom is 0.0924 e. The van der Waals surface area contributed by atoms with Crippen molar-refractivity contribution in [3.05, 3.63) is 66.0 Å². The molecular formula is C18H13ClN4. The minimum atomic E-state index is 0.689. The van der Waals surface area contributed by atoms with Gasteiger partial charge in [0, 0.05) is 39.6 Å². The Morgan fingerprint density at radius 2 is 1.83 bits per heavy atom. The lowest BCUT2D eigenvalue weighted by Gasteiger charge is -2.15. The number of aryl methyl sites for hydroxylation is 1. The molecule has 1 N–H and O–H groups in total. The number of aromatic nitrogens is 4. The van der Waals surface area contributed by atoms with E-state index < -0.39 is 0 Å². The number of fused-ring (bicyclic) bond motifs is 1. The average molecular weight is 321 g/mol. The minimum absolute atomic E-state index is 0.689. The van der Waals surface area contributed by atoms with Crippen molar-refractivity contribution in [1.82, 2.24) is 19.9 Å². The van der Waals surface area contributed by atoms with Gasteiger partial charge in [-0.25, -0.2) is 4.98 Å². The first-order valence-corrected chi connectivity index (χ1v) is 7.61. The molecule has 23 heavy (non-hydrogen) atoms. The number of rotatable bonds is 2. The standard InChI is InChI=1S/C18H13ClN4/c1-11-17(16-9-21-10-22-16)18(12-4-6-20-7-5-12)14-8-13(19)2-3-15(14)23-11/h2-10H,1H3,(H,21,22). The van der Waals surface area contributed by atoms with Crippen LogP contribution in [-0.2, 0) is 0 Å². The highest BCUT2D eigenvalue weighted by molar-refractivity contribution is 6.31. The van der Waals surface area contributed by atoms with Crippen LogP contribution in [0.25, 0.3) is 33.3 Å². The van der Waals surface area contributed by atoms with Crippen molar-refractivity contribution in [3.8, 4) is 22.4 Å². The second-order valence-electron chi connectivity index (χ2n) is 5.31. The van der Waals surface area contributed by atoms with Gasteiger partial charge in [0.25, 0.3) is 0 Å². The number of nitrogens with zero attached hydrogens (tertiary/aromatic N) is 3. The minimum Gasteiger partial charge on any atom is -0.345 e. The van der Waals surface area contributed by atoms with Crippen LogP contribution in [0.15, 0.2) is 55.2 Å². The molecule has 0 unspecified atom stereocenters. The number of pyridine rings is 2. The number of imidazole rings is 1. The molecule has 1 aromatic carbocycles. The van der Waals surface area contributed by atoms with E-state index in [9.17, 15) is 0 Å². The van der Waals surface area contributed by atoms with Crippen LogP contribution in [-0.4, -0.2) is 19.9 Å². The summed E-state index contributed by atoms with van der Waals surface area (Å²) in [5, 5.41) is 1.70. The van der Waals surface area contributed by atoms with Crippen molar-refractivity contribution in [2.75, 3.05) is 0 Å². The summed E-state index contributed by atoms with van der Waals surface area (Å²) in [5.74, 6) is 0. The summed E-state index contributed by atoms with van der Waals surface area (Å²) in [6, 6.07) is 9.76. The topological polar surface area (TPSA) is 54.5 Å². The molecule has 4 rings (SSSR count). The van der Waals surface area contributed by atoms with Gasteiger partial charge in [-0.1, -0.05) is 11.6 Å². The molecule has 0 amide bonds. The van der Waals surface area contributed by atoms with Gasteiger partial charge in [0.2, 0.25) is 0 Å². The molecule has 0 bridgehead atoms. The fourth-order valence-corrected chi connectivity index (χ4v) is 3.07. The fraction of sp³-hybridized carbons (Fsp3) is 0.0556. The zero-order valence-corrected chi connectivity index (χ0v) is 13.2. The maximum absolute atomic E-state index is 6.23. The second kappa shape index (κ2) is 5.48. The van der Waals surface area contributed by atoms with E-state index in [0.717, 1.165) is 39.0 Å². The monoisotopic (exact) mass is 320 g/mol. The molecule has 4 aromatic rings. The molecule has 0 fully saturated rings. The van der Waals surface area contributed by atoms with E-state index in [1.54, 1.807) is 18.7 Å². The van der Waals surface area contributed by atoms with Gasteiger partial charge >= 0.3 is 0 Å². The van der Waals surface area contributed by atoms with Crippen molar-refractivity contribution in [2.45, 2.75) is 6.92 Å². The molecule has 5 heteroatoms. The molecule has 0 saturated carbocycles. The zero-order valence-electron chi connectivity index (χ0n) is 12.4. The Bertz CT molecular complexity index is 979. The number of nitrogens with one attached hydrogen (secondary N) is 1. The molecule has 0 spiro atoms. The highest BCUT2D eigenvalue weighted by Crippen LogP contribution is 2.38. The Labute approximate surface area is 138 Å². The van der Waals surface area contributed by atoms with Gasteiger partial charge in [-0.3, -0.25) is 9.97 Å². The van der Waals surface area contributed by atoms with Gasteiger partial charge in [0.1, 0.15) is 0 Å². The Balaban J connectivity index is 2.18. The fourth-order valence-electron chi connectivity index (χ4n) is 2.90. The normalized spacial score (nSPS) is 11.0. The highest BCUT2D eigenvalue weighted by Gasteiger charge is 2.17. The molecule has 0 saturated heterocycles. The first kappa shape index (κ1) is 13.9. The van der Waals surface area contributed by atoms with Crippen molar-refractivity contribution >= 4 is 22.5 Å². The SMILES string of the molecule is Cc1nc2ccc(Cl)cc2c(-c2ccncc2)c1-c1cnc[nH]1. The second-order valence-corrected chi connectivity index (χ2v) is 5.75. The van der Waals surface area contributed by atoms with Crippen LogP contribution in [0.2, 0.25) is 5.02 Å². The Morgan fingerprint density at radius 1 is 1.00 bits per heavy atom. The molecule has 0 atom stereocenters. The first-order valence-electron chi connectivity index (χ1n) is 7.23. The Hall–Kier alpha value is -2.72. The average Bonchev–Trinajstić information content (AvgIpc) is 3.09. The molecular weight excluding hydrogens is 308 g/mol. The first-order chi connectivity index (χ1) is 11.2. The van der Waals surface area contributed by atoms with Crippen LogP contribution in [0, 0.1) is 6.92 Å². The third kappa shape index (κ3) is 2.37. The van der Waals surface area contributed by atoms with Crippen molar-refractivity contribution in [1.29, 1.82) is 0 Å². The molecule has 112 valence electrons. The summed E-state index contributed by atoms with van der Waals surface area (Å²) in [4.78, 5) is 16.2. The number of halogens is 1. The van der Waals surface area contributed by atoms with Gasteiger partial charge in [-0.15, -0.1) is 0 Å². The highest BCUT2D eigenvalue weighted by atomic mass is 35.5.